The molecule has 0 fully saturated rings. The van der Waals surface area contributed by atoms with Crippen molar-refractivity contribution < 1.29 is 9.18 Å². The van der Waals surface area contributed by atoms with Crippen molar-refractivity contribution in [3.63, 3.8) is 0 Å². The number of benzene rings is 2. The maximum Gasteiger partial charge on any atom is 0.239 e. The van der Waals surface area contributed by atoms with Gasteiger partial charge in [0.05, 0.1) is 6.54 Å². The van der Waals surface area contributed by atoms with Crippen molar-refractivity contribution in [1.29, 1.82) is 0 Å². The Labute approximate surface area is 138 Å². The van der Waals surface area contributed by atoms with Crippen LogP contribution in [0.25, 0.3) is 0 Å². The van der Waals surface area contributed by atoms with Gasteiger partial charge in [0.15, 0.2) is 0 Å². The zero-order valence-electron chi connectivity index (χ0n) is 12.3. The molecule has 0 aliphatic rings. The molecule has 0 aliphatic heterocycles. The fourth-order valence-electron chi connectivity index (χ4n) is 2.00. The number of hydrogen-bond donors (Lipinski definition) is 2. The van der Waals surface area contributed by atoms with Gasteiger partial charge in [-0.3, -0.25) is 4.79 Å². The van der Waals surface area contributed by atoms with Crippen molar-refractivity contribution in [3.8, 4) is 0 Å². The number of halogens is 2. The molecule has 0 aromatic heterocycles. The monoisotopic (exact) mass is 364 g/mol. The Bertz CT molecular complexity index is 644. The fraction of sp³-hybridized carbons (Fsp3) is 0.235. The van der Waals surface area contributed by atoms with E-state index in [9.17, 15) is 9.18 Å². The normalized spacial score (nSPS) is 10.3. The molecule has 5 heteroatoms. The summed E-state index contributed by atoms with van der Waals surface area (Å²) in [5.41, 5.74) is 3.02. The molecule has 3 nitrogen and oxygen atoms in total. The van der Waals surface area contributed by atoms with Gasteiger partial charge in [-0.25, -0.2) is 4.39 Å². The summed E-state index contributed by atoms with van der Waals surface area (Å²) in [4.78, 5) is 11.8. The summed E-state index contributed by atoms with van der Waals surface area (Å²) < 4.78 is 13.8. The minimum atomic E-state index is -0.248. The molecule has 2 rings (SSSR count). The molecular formula is C17H18BrFN2O. The lowest BCUT2D eigenvalue weighted by atomic mass is 10.1. The van der Waals surface area contributed by atoms with Crippen LogP contribution in [0.4, 0.5) is 10.1 Å². The van der Waals surface area contributed by atoms with E-state index in [1.165, 1.54) is 12.1 Å². The quantitative estimate of drug-likeness (QED) is 0.820. The van der Waals surface area contributed by atoms with E-state index in [4.69, 9.17) is 0 Å². The number of nitrogens with one attached hydrogen (secondary N) is 2. The van der Waals surface area contributed by atoms with E-state index in [1.807, 2.05) is 25.1 Å². The van der Waals surface area contributed by atoms with Gasteiger partial charge in [-0.05, 0) is 54.8 Å². The summed E-state index contributed by atoms with van der Waals surface area (Å²) in [5, 5.41) is 5.92. The number of carbonyl (C=O) groups excluding carboxylic acids is 1. The molecule has 2 N–H and O–H groups in total. The average Bonchev–Trinajstić information content (AvgIpc) is 2.50. The molecule has 0 atom stereocenters. The third-order valence-electron chi connectivity index (χ3n) is 3.26. The lowest BCUT2D eigenvalue weighted by Gasteiger charge is -2.09. The van der Waals surface area contributed by atoms with Crippen LogP contribution in [0.15, 0.2) is 46.9 Å². The van der Waals surface area contributed by atoms with Gasteiger partial charge in [-0.15, -0.1) is 0 Å². The Morgan fingerprint density at radius 1 is 1.18 bits per heavy atom. The van der Waals surface area contributed by atoms with Crippen molar-refractivity contribution in [1.82, 2.24) is 5.32 Å². The van der Waals surface area contributed by atoms with Crippen LogP contribution in [0.3, 0.4) is 0 Å². The summed E-state index contributed by atoms with van der Waals surface area (Å²) in [6.45, 7) is 2.76. The fourth-order valence-corrected chi connectivity index (χ4v) is 2.24. The number of hydrogen-bond acceptors (Lipinski definition) is 2. The standard InChI is InChI=1S/C17H18BrFN2O/c1-12-10-15(6-7-16(12)18)21-11-17(22)20-9-8-13-2-4-14(19)5-3-13/h2-7,10,21H,8-9,11H2,1H3,(H,20,22). The van der Waals surface area contributed by atoms with Crippen molar-refractivity contribution in [2.75, 3.05) is 18.4 Å². The van der Waals surface area contributed by atoms with Crippen LogP contribution in [0.5, 0.6) is 0 Å². The SMILES string of the molecule is Cc1cc(NCC(=O)NCCc2ccc(F)cc2)ccc1Br. The van der Waals surface area contributed by atoms with Gasteiger partial charge in [0.25, 0.3) is 0 Å². The second-order valence-corrected chi connectivity index (χ2v) is 5.90. The topological polar surface area (TPSA) is 41.1 Å². The highest BCUT2D eigenvalue weighted by Gasteiger charge is 2.02. The first-order chi connectivity index (χ1) is 10.5. The van der Waals surface area contributed by atoms with Crippen LogP contribution < -0.4 is 10.6 Å². The molecule has 0 saturated heterocycles. The summed E-state index contributed by atoms with van der Waals surface area (Å²) in [6.07, 6.45) is 0.684. The number of carbonyl (C=O) groups is 1. The van der Waals surface area contributed by atoms with Gasteiger partial charge in [0.1, 0.15) is 5.82 Å². The smallest absolute Gasteiger partial charge is 0.239 e. The molecule has 2 aromatic rings. The van der Waals surface area contributed by atoms with Crippen molar-refractivity contribution in [3.05, 3.63) is 63.9 Å². The van der Waals surface area contributed by atoms with Crippen molar-refractivity contribution in [2.45, 2.75) is 13.3 Å². The third-order valence-corrected chi connectivity index (χ3v) is 4.15. The van der Waals surface area contributed by atoms with Gasteiger partial charge >= 0.3 is 0 Å². The highest BCUT2D eigenvalue weighted by atomic mass is 79.9. The number of aryl methyl sites for hydroxylation is 1. The van der Waals surface area contributed by atoms with Gasteiger partial charge in [-0.2, -0.15) is 0 Å². The van der Waals surface area contributed by atoms with Crippen LogP contribution >= 0.6 is 15.9 Å². The van der Waals surface area contributed by atoms with E-state index in [0.29, 0.717) is 13.0 Å². The Hall–Kier alpha value is -1.88. The molecule has 0 saturated carbocycles. The van der Waals surface area contributed by atoms with E-state index in [0.717, 1.165) is 21.3 Å². The Morgan fingerprint density at radius 3 is 2.59 bits per heavy atom. The van der Waals surface area contributed by atoms with E-state index in [1.54, 1.807) is 12.1 Å². The Balaban J connectivity index is 1.71. The highest BCUT2D eigenvalue weighted by molar-refractivity contribution is 9.10. The molecule has 2 aromatic carbocycles. The highest BCUT2D eigenvalue weighted by Crippen LogP contribution is 2.19. The van der Waals surface area contributed by atoms with Gasteiger partial charge in [-0.1, -0.05) is 28.1 Å². The molecule has 0 radical (unpaired) electrons. The second kappa shape index (κ2) is 7.94. The summed E-state index contributed by atoms with van der Waals surface area (Å²) in [7, 11) is 0. The number of anilines is 1. The predicted molar refractivity (Wildman–Crippen MR) is 90.5 cm³/mol. The molecule has 0 aliphatic carbocycles. The first-order valence-electron chi connectivity index (χ1n) is 7.06. The Morgan fingerprint density at radius 2 is 1.91 bits per heavy atom. The van der Waals surface area contributed by atoms with Crippen LogP contribution in [-0.4, -0.2) is 19.0 Å². The largest absolute Gasteiger partial charge is 0.376 e. The summed E-state index contributed by atoms with van der Waals surface area (Å²) in [6, 6.07) is 12.2. The Kier molecular flexibility index (Phi) is 5.95. The maximum atomic E-state index is 12.8. The number of amides is 1. The van der Waals surface area contributed by atoms with E-state index < -0.39 is 0 Å². The molecule has 22 heavy (non-hydrogen) atoms. The summed E-state index contributed by atoms with van der Waals surface area (Å²) >= 11 is 3.44. The third kappa shape index (κ3) is 5.15. The van der Waals surface area contributed by atoms with Crippen molar-refractivity contribution in [2.24, 2.45) is 0 Å². The molecule has 0 bridgehead atoms. The second-order valence-electron chi connectivity index (χ2n) is 5.04. The number of rotatable bonds is 6. The molecule has 0 heterocycles. The average molecular weight is 365 g/mol. The van der Waals surface area contributed by atoms with Crippen LogP contribution in [-0.2, 0) is 11.2 Å². The van der Waals surface area contributed by atoms with Gasteiger partial charge in [0.2, 0.25) is 5.91 Å². The van der Waals surface area contributed by atoms with E-state index in [-0.39, 0.29) is 18.3 Å². The van der Waals surface area contributed by atoms with Gasteiger partial charge in [0, 0.05) is 16.7 Å². The lowest BCUT2D eigenvalue weighted by Crippen LogP contribution is -2.31. The molecule has 0 spiro atoms. The van der Waals surface area contributed by atoms with E-state index >= 15 is 0 Å². The first-order valence-corrected chi connectivity index (χ1v) is 7.85. The predicted octanol–water partition coefficient (Wildman–Crippen LogP) is 3.67. The van der Waals surface area contributed by atoms with Crippen LogP contribution in [0.1, 0.15) is 11.1 Å². The first kappa shape index (κ1) is 16.5. The minimum absolute atomic E-state index is 0.0670. The molecule has 0 unspecified atom stereocenters. The van der Waals surface area contributed by atoms with E-state index in [2.05, 4.69) is 26.6 Å². The minimum Gasteiger partial charge on any atom is -0.376 e. The maximum absolute atomic E-state index is 12.8. The zero-order valence-corrected chi connectivity index (χ0v) is 13.9. The van der Waals surface area contributed by atoms with Crippen molar-refractivity contribution >= 4 is 27.5 Å². The van der Waals surface area contributed by atoms with Crippen LogP contribution in [0.2, 0.25) is 0 Å². The van der Waals surface area contributed by atoms with Gasteiger partial charge < -0.3 is 10.6 Å². The van der Waals surface area contributed by atoms with Crippen LogP contribution in [0, 0.1) is 12.7 Å². The molecule has 1 amide bonds. The molecule has 116 valence electrons. The summed E-state index contributed by atoms with van der Waals surface area (Å²) in [5.74, 6) is -0.315. The zero-order chi connectivity index (χ0) is 15.9. The molecular weight excluding hydrogens is 347 g/mol. The lowest BCUT2D eigenvalue weighted by molar-refractivity contribution is -0.119.